The Hall–Kier alpha value is 0.400. The molecule has 0 unspecified atom stereocenters. The van der Waals surface area contributed by atoms with E-state index in [-0.39, 0.29) is 11.2 Å². The molecule has 1 aliphatic rings. The molecule has 1 atom stereocenters. The van der Waals surface area contributed by atoms with E-state index in [9.17, 15) is 0 Å². The van der Waals surface area contributed by atoms with Crippen LogP contribution in [0.15, 0.2) is 0 Å². The second-order valence-corrected chi connectivity index (χ2v) is 4.25. The van der Waals surface area contributed by atoms with E-state index in [1.54, 1.807) is 0 Å². The van der Waals surface area contributed by atoms with E-state index in [1.807, 2.05) is 20.8 Å². The standard InChI is InChI=1S/C7H13BrO2/c1-6(2)4-7(3,5-8)10-9-6/h4-5H2,1-3H3/t7-/m0/s1. The molecule has 0 aromatic rings. The van der Waals surface area contributed by atoms with Gasteiger partial charge in [0.1, 0.15) is 11.2 Å². The van der Waals surface area contributed by atoms with Gasteiger partial charge >= 0.3 is 0 Å². The van der Waals surface area contributed by atoms with E-state index in [1.165, 1.54) is 0 Å². The van der Waals surface area contributed by atoms with Gasteiger partial charge < -0.3 is 0 Å². The molecule has 0 spiro atoms. The molecule has 60 valence electrons. The molecule has 0 amide bonds. The summed E-state index contributed by atoms with van der Waals surface area (Å²) in [4.78, 5) is 10.3. The molecule has 1 saturated heterocycles. The van der Waals surface area contributed by atoms with Crippen molar-refractivity contribution in [2.24, 2.45) is 0 Å². The summed E-state index contributed by atoms with van der Waals surface area (Å²) in [5, 5.41) is 0.823. The highest BCUT2D eigenvalue weighted by Gasteiger charge is 2.42. The molecule has 0 radical (unpaired) electrons. The molecule has 1 aliphatic heterocycles. The third kappa shape index (κ3) is 1.71. The van der Waals surface area contributed by atoms with E-state index >= 15 is 0 Å². The lowest BCUT2D eigenvalue weighted by Crippen LogP contribution is -2.27. The van der Waals surface area contributed by atoms with Crippen molar-refractivity contribution < 1.29 is 9.78 Å². The fourth-order valence-corrected chi connectivity index (χ4v) is 1.53. The van der Waals surface area contributed by atoms with Gasteiger partial charge in [-0.3, -0.25) is 0 Å². The fraction of sp³-hybridized carbons (Fsp3) is 1.00. The Balaban J connectivity index is 2.57. The molecule has 1 fully saturated rings. The van der Waals surface area contributed by atoms with Gasteiger partial charge in [0, 0.05) is 11.8 Å². The summed E-state index contributed by atoms with van der Waals surface area (Å²) in [6.07, 6.45) is 0.936. The summed E-state index contributed by atoms with van der Waals surface area (Å²) in [5.74, 6) is 0. The lowest BCUT2D eigenvalue weighted by molar-refractivity contribution is -0.336. The number of rotatable bonds is 1. The third-order valence-electron chi connectivity index (χ3n) is 1.55. The first-order chi connectivity index (χ1) is 4.47. The zero-order valence-electron chi connectivity index (χ0n) is 6.61. The summed E-state index contributed by atoms with van der Waals surface area (Å²) >= 11 is 3.38. The smallest absolute Gasteiger partial charge is 0.113 e. The van der Waals surface area contributed by atoms with Gasteiger partial charge in [-0.25, -0.2) is 9.78 Å². The van der Waals surface area contributed by atoms with E-state index < -0.39 is 0 Å². The second kappa shape index (κ2) is 2.47. The normalized spacial score (nSPS) is 38.4. The van der Waals surface area contributed by atoms with Crippen LogP contribution >= 0.6 is 15.9 Å². The minimum atomic E-state index is -0.135. The molecule has 0 bridgehead atoms. The van der Waals surface area contributed by atoms with Crippen molar-refractivity contribution in [3.05, 3.63) is 0 Å². The van der Waals surface area contributed by atoms with Crippen LogP contribution in [-0.4, -0.2) is 16.5 Å². The van der Waals surface area contributed by atoms with Crippen LogP contribution in [0.25, 0.3) is 0 Å². The Morgan fingerprint density at radius 3 is 2.10 bits per heavy atom. The average Bonchev–Trinajstić information content (AvgIpc) is 2.08. The molecule has 0 aliphatic carbocycles. The van der Waals surface area contributed by atoms with Crippen molar-refractivity contribution in [1.82, 2.24) is 0 Å². The first-order valence-electron chi connectivity index (χ1n) is 3.40. The van der Waals surface area contributed by atoms with Gasteiger partial charge in [0.15, 0.2) is 0 Å². The minimum Gasteiger partial charge on any atom is -0.230 e. The van der Waals surface area contributed by atoms with E-state index in [0.29, 0.717) is 0 Å². The number of halogens is 1. The summed E-state index contributed by atoms with van der Waals surface area (Å²) in [6, 6.07) is 0. The van der Waals surface area contributed by atoms with Crippen LogP contribution in [0.1, 0.15) is 27.2 Å². The summed E-state index contributed by atoms with van der Waals surface area (Å²) in [5.41, 5.74) is -0.258. The number of hydrogen-bond acceptors (Lipinski definition) is 2. The lowest BCUT2D eigenvalue weighted by atomic mass is 9.94. The monoisotopic (exact) mass is 208 g/mol. The van der Waals surface area contributed by atoms with Gasteiger partial charge in [-0.2, -0.15) is 0 Å². The molecule has 0 N–H and O–H groups in total. The molecule has 2 nitrogen and oxygen atoms in total. The molecule has 10 heavy (non-hydrogen) atoms. The number of hydrogen-bond donors (Lipinski definition) is 0. The Kier molecular flexibility index (Phi) is 2.10. The Morgan fingerprint density at radius 2 is 1.90 bits per heavy atom. The first kappa shape index (κ1) is 8.50. The van der Waals surface area contributed by atoms with Crippen molar-refractivity contribution in [1.29, 1.82) is 0 Å². The van der Waals surface area contributed by atoms with Gasteiger partial charge in [0.2, 0.25) is 0 Å². The van der Waals surface area contributed by atoms with Crippen molar-refractivity contribution >= 4 is 15.9 Å². The van der Waals surface area contributed by atoms with Crippen molar-refractivity contribution in [2.45, 2.75) is 38.4 Å². The molecular formula is C7H13BrO2. The largest absolute Gasteiger partial charge is 0.230 e. The molecule has 3 heteroatoms. The zero-order chi connectivity index (χ0) is 7.83. The van der Waals surface area contributed by atoms with Crippen LogP contribution in [0, 0.1) is 0 Å². The highest BCUT2D eigenvalue weighted by molar-refractivity contribution is 9.09. The molecule has 1 rings (SSSR count). The van der Waals surface area contributed by atoms with E-state index in [0.717, 1.165) is 11.8 Å². The van der Waals surface area contributed by atoms with Gasteiger partial charge in [-0.15, -0.1) is 0 Å². The zero-order valence-corrected chi connectivity index (χ0v) is 8.19. The molecule has 1 heterocycles. The van der Waals surface area contributed by atoms with Crippen LogP contribution in [0.2, 0.25) is 0 Å². The van der Waals surface area contributed by atoms with Crippen molar-refractivity contribution in [3.8, 4) is 0 Å². The predicted octanol–water partition coefficient (Wildman–Crippen LogP) is 2.27. The number of alkyl halides is 1. The van der Waals surface area contributed by atoms with Crippen LogP contribution in [0.4, 0.5) is 0 Å². The maximum atomic E-state index is 5.16. The Bertz CT molecular complexity index is 136. The molecule has 0 aromatic heterocycles. The van der Waals surface area contributed by atoms with Gasteiger partial charge in [0.05, 0.1) is 0 Å². The topological polar surface area (TPSA) is 18.5 Å². The highest BCUT2D eigenvalue weighted by Crippen LogP contribution is 2.36. The van der Waals surface area contributed by atoms with Crippen LogP contribution < -0.4 is 0 Å². The van der Waals surface area contributed by atoms with Crippen LogP contribution in [0.5, 0.6) is 0 Å². The summed E-state index contributed by atoms with van der Waals surface area (Å²) in [6.45, 7) is 6.10. The molecule has 0 saturated carbocycles. The van der Waals surface area contributed by atoms with Gasteiger partial charge in [-0.05, 0) is 20.8 Å². The Morgan fingerprint density at radius 1 is 1.30 bits per heavy atom. The van der Waals surface area contributed by atoms with Crippen LogP contribution in [0.3, 0.4) is 0 Å². The summed E-state index contributed by atoms with van der Waals surface area (Å²) in [7, 11) is 0. The summed E-state index contributed by atoms with van der Waals surface area (Å²) < 4.78 is 0. The second-order valence-electron chi connectivity index (χ2n) is 3.69. The van der Waals surface area contributed by atoms with E-state index in [2.05, 4.69) is 15.9 Å². The first-order valence-corrected chi connectivity index (χ1v) is 4.52. The molecule has 0 aromatic carbocycles. The Labute approximate surface area is 69.9 Å². The predicted molar refractivity (Wildman–Crippen MR) is 43.1 cm³/mol. The maximum Gasteiger partial charge on any atom is 0.113 e. The lowest BCUT2D eigenvalue weighted by Gasteiger charge is -2.16. The SMILES string of the molecule is CC1(C)C[C@@](C)(CBr)OO1. The minimum absolute atomic E-state index is 0.123. The highest BCUT2D eigenvalue weighted by atomic mass is 79.9. The van der Waals surface area contributed by atoms with Crippen molar-refractivity contribution in [3.63, 3.8) is 0 Å². The average molecular weight is 209 g/mol. The van der Waals surface area contributed by atoms with Gasteiger partial charge in [0.25, 0.3) is 0 Å². The van der Waals surface area contributed by atoms with Gasteiger partial charge in [-0.1, -0.05) is 15.9 Å². The quantitative estimate of drug-likeness (QED) is 0.487. The van der Waals surface area contributed by atoms with E-state index in [4.69, 9.17) is 9.78 Å². The fourth-order valence-electron chi connectivity index (χ4n) is 1.24. The van der Waals surface area contributed by atoms with Crippen LogP contribution in [-0.2, 0) is 9.78 Å². The third-order valence-corrected chi connectivity index (χ3v) is 2.74. The maximum absolute atomic E-state index is 5.16. The van der Waals surface area contributed by atoms with Crippen molar-refractivity contribution in [2.75, 3.05) is 5.33 Å². The molecular weight excluding hydrogens is 196 g/mol.